The Bertz CT molecular complexity index is 567. The van der Waals surface area contributed by atoms with Crippen molar-refractivity contribution in [2.75, 3.05) is 18.0 Å². The summed E-state index contributed by atoms with van der Waals surface area (Å²) in [5.41, 5.74) is 7.25. The molecule has 1 fully saturated rings. The Morgan fingerprint density at radius 3 is 2.95 bits per heavy atom. The van der Waals surface area contributed by atoms with Gasteiger partial charge in [0.05, 0.1) is 5.52 Å². The van der Waals surface area contributed by atoms with E-state index in [1.54, 1.807) is 0 Å². The number of nitrogens with zero attached hydrogens (tertiary/aromatic N) is 2. The largest absolute Gasteiger partial charge is 0.356 e. The summed E-state index contributed by atoms with van der Waals surface area (Å²) >= 11 is 0. The number of anilines is 1. The second kappa shape index (κ2) is 5.17. The number of rotatable bonds is 2. The minimum Gasteiger partial charge on any atom is -0.356 e. The van der Waals surface area contributed by atoms with E-state index in [2.05, 4.69) is 42.2 Å². The molecule has 0 saturated carbocycles. The Hall–Kier alpha value is -1.61. The van der Waals surface area contributed by atoms with Crippen molar-refractivity contribution >= 4 is 16.7 Å². The van der Waals surface area contributed by atoms with E-state index in [0.29, 0.717) is 12.0 Å². The maximum Gasteiger partial charge on any atom is 0.129 e. The lowest BCUT2D eigenvalue weighted by Gasteiger charge is -2.37. The summed E-state index contributed by atoms with van der Waals surface area (Å²) in [6.45, 7) is 4.27. The molecule has 0 spiro atoms. The van der Waals surface area contributed by atoms with Gasteiger partial charge in [-0.1, -0.05) is 31.5 Å². The van der Waals surface area contributed by atoms with Gasteiger partial charge in [0.2, 0.25) is 0 Å². The van der Waals surface area contributed by atoms with Gasteiger partial charge < -0.3 is 10.6 Å². The fraction of sp³-hybridized carbons (Fsp3) is 0.438. The fourth-order valence-electron chi connectivity index (χ4n) is 2.92. The van der Waals surface area contributed by atoms with Crippen LogP contribution in [0.1, 0.15) is 19.8 Å². The van der Waals surface area contributed by atoms with E-state index in [4.69, 9.17) is 10.7 Å². The van der Waals surface area contributed by atoms with Crippen LogP contribution in [0.15, 0.2) is 36.4 Å². The molecule has 0 amide bonds. The Labute approximate surface area is 114 Å². The summed E-state index contributed by atoms with van der Waals surface area (Å²) < 4.78 is 0. The van der Waals surface area contributed by atoms with E-state index in [-0.39, 0.29) is 0 Å². The van der Waals surface area contributed by atoms with Gasteiger partial charge in [0.25, 0.3) is 0 Å². The fourth-order valence-corrected chi connectivity index (χ4v) is 2.92. The molecule has 2 N–H and O–H groups in total. The van der Waals surface area contributed by atoms with Gasteiger partial charge in [0.1, 0.15) is 5.82 Å². The smallest absolute Gasteiger partial charge is 0.129 e. The van der Waals surface area contributed by atoms with Crippen LogP contribution in [0.4, 0.5) is 5.82 Å². The molecule has 2 unspecified atom stereocenters. The van der Waals surface area contributed by atoms with Gasteiger partial charge in [0.15, 0.2) is 0 Å². The van der Waals surface area contributed by atoms with Gasteiger partial charge in [-0.05, 0) is 30.5 Å². The molecular weight excluding hydrogens is 234 g/mol. The average Bonchev–Trinajstić information content (AvgIpc) is 2.47. The second-order valence-corrected chi connectivity index (χ2v) is 5.43. The van der Waals surface area contributed by atoms with Crippen LogP contribution in [-0.2, 0) is 0 Å². The Kier molecular flexibility index (Phi) is 3.38. The molecule has 2 aromatic rings. The Morgan fingerprint density at radius 2 is 2.11 bits per heavy atom. The third-order valence-corrected chi connectivity index (χ3v) is 4.22. The number of pyridine rings is 1. The monoisotopic (exact) mass is 255 g/mol. The molecule has 0 radical (unpaired) electrons. The summed E-state index contributed by atoms with van der Waals surface area (Å²) in [7, 11) is 0. The van der Waals surface area contributed by atoms with E-state index >= 15 is 0 Å². The molecule has 100 valence electrons. The molecule has 1 aliphatic rings. The van der Waals surface area contributed by atoms with Crippen LogP contribution >= 0.6 is 0 Å². The molecule has 3 nitrogen and oxygen atoms in total. The maximum atomic E-state index is 6.17. The zero-order valence-corrected chi connectivity index (χ0v) is 11.4. The molecular formula is C16H21N3. The summed E-state index contributed by atoms with van der Waals surface area (Å²) in [6.07, 6.45) is 2.21. The van der Waals surface area contributed by atoms with Crippen LogP contribution in [0.3, 0.4) is 0 Å². The lowest BCUT2D eigenvalue weighted by molar-refractivity contribution is 0.347. The predicted octanol–water partition coefficient (Wildman–Crippen LogP) is 2.80. The van der Waals surface area contributed by atoms with Gasteiger partial charge in [-0.25, -0.2) is 4.98 Å². The first-order valence-corrected chi connectivity index (χ1v) is 7.14. The van der Waals surface area contributed by atoms with Crippen molar-refractivity contribution in [2.45, 2.75) is 25.8 Å². The van der Waals surface area contributed by atoms with Crippen molar-refractivity contribution in [3.63, 3.8) is 0 Å². The molecule has 1 aliphatic heterocycles. The van der Waals surface area contributed by atoms with Crippen molar-refractivity contribution < 1.29 is 0 Å². The van der Waals surface area contributed by atoms with Crippen molar-refractivity contribution in [1.29, 1.82) is 0 Å². The lowest BCUT2D eigenvalue weighted by atomic mass is 9.91. The van der Waals surface area contributed by atoms with E-state index in [9.17, 15) is 0 Å². The first-order chi connectivity index (χ1) is 9.28. The van der Waals surface area contributed by atoms with Crippen LogP contribution in [0.2, 0.25) is 0 Å². The number of para-hydroxylation sites is 1. The highest BCUT2D eigenvalue weighted by Crippen LogP contribution is 2.24. The molecule has 2 atom stereocenters. The second-order valence-electron chi connectivity index (χ2n) is 5.43. The number of nitrogens with two attached hydrogens (primary N) is 1. The summed E-state index contributed by atoms with van der Waals surface area (Å²) in [4.78, 5) is 7.16. The number of aromatic nitrogens is 1. The minimum absolute atomic E-state index is 0.349. The van der Waals surface area contributed by atoms with E-state index in [0.717, 1.165) is 37.3 Å². The average molecular weight is 255 g/mol. The van der Waals surface area contributed by atoms with Crippen molar-refractivity contribution in [2.24, 2.45) is 11.7 Å². The van der Waals surface area contributed by atoms with E-state index in [1.807, 2.05) is 6.07 Å². The Balaban J connectivity index is 1.87. The number of hydrogen-bond donors (Lipinski definition) is 1. The maximum absolute atomic E-state index is 6.17. The van der Waals surface area contributed by atoms with Gasteiger partial charge in [-0.2, -0.15) is 0 Å². The van der Waals surface area contributed by atoms with Crippen molar-refractivity contribution in [3.8, 4) is 0 Å². The van der Waals surface area contributed by atoms with Crippen LogP contribution < -0.4 is 10.6 Å². The zero-order valence-electron chi connectivity index (χ0n) is 11.4. The van der Waals surface area contributed by atoms with Gasteiger partial charge in [0, 0.05) is 24.5 Å². The first-order valence-electron chi connectivity index (χ1n) is 7.14. The molecule has 1 saturated heterocycles. The standard InChI is InChI=1S/C16H21N3/c1-2-12-11-19(10-9-14(12)17)16-8-7-13-5-3-4-6-15(13)18-16/h3-8,12,14H,2,9-11,17H2,1H3. The molecule has 0 aliphatic carbocycles. The number of benzene rings is 1. The van der Waals surface area contributed by atoms with E-state index in [1.165, 1.54) is 5.39 Å². The summed E-state index contributed by atoms with van der Waals surface area (Å²) in [5.74, 6) is 1.67. The minimum atomic E-state index is 0.349. The molecule has 1 aromatic heterocycles. The highest BCUT2D eigenvalue weighted by atomic mass is 15.2. The molecule has 3 heteroatoms. The third kappa shape index (κ3) is 2.43. The zero-order chi connectivity index (χ0) is 13.2. The predicted molar refractivity (Wildman–Crippen MR) is 80.3 cm³/mol. The first kappa shape index (κ1) is 12.4. The molecule has 19 heavy (non-hydrogen) atoms. The third-order valence-electron chi connectivity index (χ3n) is 4.22. The summed E-state index contributed by atoms with van der Waals surface area (Å²) in [5, 5.41) is 1.20. The Morgan fingerprint density at radius 1 is 1.26 bits per heavy atom. The molecule has 3 rings (SSSR count). The number of fused-ring (bicyclic) bond motifs is 1. The van der Waals surface area contributed by atoms with Gasteiger partial charge in [-0.15, -0.1) is 0 Å². The van der Waals surface area contributed by atoms with Crippen LogP contribution in [0.5, 0.6) is 0 Å². The summed E-state index contributed by atoms with van der Waals surface area (Å²) in [6, 6.07) is 12.9. The van der Waals surface area contributed by atoms with Gasteiger partial charge in [-0.3, -0.25) is 0 Å². The SMILES string of the molecule is CCC1CN(c2ccc3ccccc3n2)CCC1N. The quantitative estimate of drug-likeness (QED) is 0.897. The highest BCUT2D eigenvalue weighted by Gasteiger charge is 2.25. The highest BCUT2D eigenvalue weighted by molar-refractivity contribution is 5.80. The lowest BCUT2D eigenvalue weighted by Crippen LogP contribution is -2.47. The van der Waals surface area contributed by atoms with Crippen molar-refractivity contribution in [3.05, 3.63) is 36.4 Å². The van der Waals surface area contributed by atoms with E-state index < -0.39 is 0 Å². The van der Waals surface area contributed by atoms with Crippen LogP contribution in [-0.4, -0.2) is 24.1 Å². The van der Waals surface area contributed by atoms with Gasteiger partial charge >= 0.3 is 0 Å². The molecule has 0 bridgehead atoms. The van der Waals surface area contributed by atoms with Crippen molar-refractivity contribution in [1.82, 2.24) is 4.98 Å². The van der Waals surface area contributed by atoms with Crippen LogP contribution in [0, 0.1) is 5.92 Å². The number of hydrogen-bond acceptors (Lipinski definition) is 3. The number of piperidine rings is 1. The van der Waals surface area contributed by atoms with Crippen LogP contribution in [0.25, 0.3) is 10.9 Å². The topological polar surface area (TPSA) is 42.2 Å². The molecule has 2 heterocycles. The molecule has 1 aromatic carbocycles. The normalized spacial score (nSPS) is 23.8.